The molecule has 0 aromatic heterocycles. The van der Waals surface area contributed by atoms with Crippen LogP contribution in [0.1, 0.15) is 27.8 Å². The van der Waals surface area contributed by atoms with Gasteiger partial charge in [-0.1, -0.05) is 152 Å². The van der Waals surface area contributed by atoms with E-state index in [2.05, 4.69) is 157 Å². The fourth-order valence-corrected chi connectivity index (χ4v) is 5.25. The first-order chi connectivity index (χ1) is 17.8. The standard InChI is InChI=1S/C35H33N/c1-6-16-30(17-7-1)26-35(34-24-14-5-15-25-34,27-31-18-8-2-9-19-31)36(28-32-20-10-3-11-21-32)29-33-22-12-4-13-23-33/h1-25H,26-29H2. The molecule has 5 aromatic rings. The van der Waals surface area contributed by atoms with Crippen LogP contribution < -0.4 is 0 Å². The summed E-state index contributed by atoms with van der Waals surface area (Å²) in [5.41, 5.74) is 6.47. The summed E-state index contributed by atoms with van der Waals surface area (Å²) in [5, 5.41) is 0. The molecule has 0 saturated carbocycles. The SMILES string of the molecule is c1ccc(CN(Cc2ccccc2)C(Cc2ccccc2)(Cc2ccccc2)c2ccccc2)cc1. The van der Waals surface area contributed by atoms with Gasteiger partial charge >= 0.3 is 0 Å². The first kappa shape index (κ1) is 23.8. The summed E-state index contributed by atoms with van der Waals surface area (Å²) in [6, 6.07) is 54.8. The Morgan fingerprint density at radius 2 is 0.667 bits per heavy atom. The highest BCUT2D eigenvalue weighted by atomic mass is 15.2. The molecule has 0 saturated heterocycles. The van der Waals surface area contributed by atoms with Crippen molar-refractivity contribution in [3.05, 3.63) is 179 Å². The average molecular weight is 468 g/mol. The first-order valence-corrected chi connectivity index (χ1v) is 12.8. The Labute approximate surface area is 215 Å². The smallest absolute Gasteiger partial charge is 0.0548 e. The van der Waals surface area contributed by atoms with Crippen molar-refractivity contribution in [2.24, 2.45) is 0 Å². The highest BCUT2D eigenvalue weighted by Crippen LogP contribution is 2.38. The molecule has 0 unspecified atom stereocenters. The van der Waals surface area contributed by atoms with Crippen LogP contribution in [0.4, 0.5) is 0 Å². The molecule has 1 nitrogen and oxygen atoms in total. The van der Waals surface area contributed by atoms with Crippen molar-refractivity contribution >= 4 is 0 Å². The summed E-state index contributed by atoms with van der Waals surface area (Å²) in [4.78, 5) is 2.70. The number of hydrogen-bond donors (Lipinski definition) is 0. The van der Waals surface area contributed by atoms with Gasteiger partial charge in [0.2, 0.25) is 0 Å². The summed E-state index contributed by atoms with van der Waals surface area (Å²) >= 11 is 0. The third-order valence-corrected chi connectivity index (χ3v) is 7.03. The lowest BCUT2D eigenvalue weighted by atomic mass is 9.77. The maximum atomic E-state index is 2.70. The van der Waals surface area contributed by atoms with E-state index < -0.39 is 0 Å². The average Bonchev–Trinajstić information content (AvgIpc) is 2.95. The molecule has 0 amide bonds. The van der Waals surface area contributed by atoms with Gasteiger partial charge in [0.05, 0.1) is 5.54 Å². The van der Waals surface area contributed by atoms with Gasteiger partial charge in [-0.2, -0.15) is 0 Å². The van der Waals surface area contributed by atoms with Gasteiger partial charge in [-0.15, -0.1) is 0 Å². The molecule has 5 rings (SSSR count). The fraction of sp³-hybridized carbons (Fsp3) is 0.143. The molecule has 5 aromatic carbocycles. The van der Waals surface area contributed by atoms with Crippen LogP contribution in [0.2, 0.25) is 0 Å². The van der Waals surface area contributed by atoms with Gasteiger partial charge in [0.25, 0.3) is 0 Å². The second-order valence-electron chi connectivity index (χ2n) is 9.55. The fourth-order valence-electron chi connectivity index (χ4n) is 5.25. The Morgan fingerprint density at radius 1 is 0.361 bits per heavy atom. The Balaban J connectivity index is 1.69. The minimum atomic E-state index is -0.240. The van der Waals surface area contributed by atoms with E-state index in [4.69, 9.17) is 0 Å². The Kier molecular flexibility index (Phi) is 7.70. The maximum absolute atomic E-state index is 2.70. The Hall–Kier alpha value is -3.94. The van der Waals surface area contributed by atoms with Gasteiger partial charge in [-0.25, -0.2) is 0 Å². The third kappa shape index (κ3) is 5.82. The van der Waals surface area contributed by atoms with E-state index in [1.54, 1.807) is 0 Å². The van der Waals surface area contributed by atoms with Crippen molar-refractivity contribution in [2.75, 3.05) is 0 Å². The van der Waals surface area contributed by atoms with Crippen LogP contribution in [-0.4, -0.2) is 4.90 Å². The quantitative estimate of drug-likeness (QED) is 0.201. The van der Waals surface area contributed by atoms with E-state index in [0.29, 0.717) is 0 Å². The van der Waals surface area contributed by atoms with E-state index in [-0.39, 0.29) is 5.54 Å². The molecular weight excluding hydrogens is 434 g/mol. The number of benzene rings is 5. The largest absolute Gasteiger partial charge is 0.284 e. The van der Waals surface area contributed by atoms with E-state index in [1.807, 2.05) is 0 Å². The highest BCUT2D eigenvalue weighted by Gasteiger charge is 2.39. The second-order valence-corrected chi connectivity index (χ2v) is 9.55. The Bertz CT molecular complexity index is 1220. The normalized spacial score (nSPS) is 11.5. The van der Waals surface area contributed by atoms with Crippen LogP contribution in [0.5, 0.6) is 0 Å². The first-order valence-electron chi connectivity index (χ1n) is 12.8. The maximum Gasteiger partial charge on any atom is 0.0548 e. The van der Waals surface area contributed by atoms with Crippen molar-refractivity contribution in [1.29, 1.82) is 0 Å². The molecule has 178 valence electrons. The molecule has 36 heavy (non-hydrogen) atoms. The highest BCUT2D eigenvalue weighted by molar-refractivity contribution is 5.34. The minimum absolute atomic E-state index is 0.240. The molecule has 0 atom stereocenters. The number of nitrogens with zero attached hydrogens (tertiary/aromatic N) is 1. The van der Waals surface area contributed by atoms with E-state index in [0.717, 1.165) is 25.9 Å². The molecule has 1 heteroatoms. The summed E-state index contributed by atoms with van der Waals surface area (Å²) < 4.78 is 0. The van der Waals surface area contributed by atoms with Gasteiger partial charge in [-0.3, -0.25) is 4.90 Å². The van der Waals surface area contributed by atoms with Gasteiger partial charge in [0.1, 0.15) is 0 Å². The predicted molar refractivity (Wildman–Crippen MR) is 151 cm³/mol. The zero-order chi connectivity index (χ0) is 24.5. The van der Waals surface area contributed by atoms with Crippen molar-refractivity contribution in [1.82, 2.24) is 4.90 Å². The molecule has 0 aliphatic heterocycles. The molecule has 0 heterocycles. The topological polar surface area (TPSA) is 3.24 Å². The predicted octanol–water partition coefficient (Wildman–Crippen LogP) is 8.07. The summed E-state index contributed by atoms with van der Waals surface area (Å²) in [5.74, 6) is 0. The van der Waals surface area contributed by atoms with Gasteiger partial charge in [-0.05, 0) is 40.7 Å². The molecule has 0 radical (unpaired) electrons. The Morgan fingerprint density at radius 3 is 1.03 bits per heavy atom. The van der Waals surface area contributed by atoms with Crippen LogP contribution in [0, 0.1) is 0 Å². The van der Waals surface area contributed by atoms with Gasteiger partial charge < -0.3 is 0 Å². The van der Waals surface area contributed by atoms with E-state index >= 15 is 0 Å². The lowest BCUT2D eigenvalue weighted by Crippen LogP contribution is -2.49. The van der Waals surface area contributed by atoms with Crippen molar-refractivity contribution in [3.63, 3.8) is 0 Å². The van der Waals surface area contributed by atoms with Crippen LogP contribution in [0.25, 0.3) is 0 Å². The molecule has 0 aliphatic rings. The minimum Gasteiger partial charge on any atom is -0.284 e. The van der Waals surface area contributed by atoms with Crippen LogP contribution in [-0.2, 0) is 31.5 Å². The van der Waals surface area contributed by atoms with Crippen molar-refractivity contribution in [3.8, 4) is 0 Å². The summed E-state index contributed by atoms with van der Waals surface area (Å²) in [6.07, 6.45) is 1.85. The van der Waals surface area contributed by atoms with Crippen LogP contribution in [0.3, 0.4) is 0 Å². The molecule has 0 fully saturated rings. The van der Waals surface area contributed by atoms with Gasteiger partial charge in [0.15, 0.2) is 0 Å². The van der Waals surface area contributed by atoms with Gasteiger partial charge in [0, 0.05) is 13.1 Å². The zero-order valence-electron chi connectivity index (χ0n) is 20.7. The van der Waals surface area contributed by atoms with E-state index in [1.165, 1.54) is 27.8 Å². The molecule has 0 aliphatic carbocycles. The second kappa shape index (κ2) is 11.7. The lowest BCUT2D eigenvalue weighted by Gasteiger charge is -2.46. The lowest BCUT2D eigenvalue weighted by molar-refractivity contribution is 0.0658. The third-order valence-electron chi connectivity index (χ3n) is 7.03. The summed E-state index contributed by atoms with van der Waals surface area (Å²) in [7, 11) is 0. The molecular formula is C35H33N. The molecule has 0 bridgehead atoms. The monoisotopic (exact) mass is 467 g/mol. The van der Waals surface area contributed by atoms with Crippen molar-refractivity contribution < 1.29 is 0 Å². The summed E-state index contributed by atoms with van der Waals surface area (Å²) in [6.45, 7) is 1.73. The number of rotatable bonds is 10. The number of hydrogen-bond acceptors (Lipinski definition) is 1. The van der Waals surface area contributed by atoms with Crippen LogP contribution >= 0.6 is 0 Å². The van der Waals surface area contributed by atoms with Crippen LogP contribution in [0.15, 0.2) is 152 Å². The molecule has 0 N–H and O–H groups in total. The zero-order valence-corrected chi connectivity index (χ0v) is 20.7. The molecule has 0 spiro atoms. The van der Waals surface area contributed by atoms with Crippen molar-refractivity contribution in [2.45, 2.75) is 31.5 Å². The van der Waals surface area contributed by atoms with E-state index in [9.17, 15) is 0 Å².